The fourth-order valence-corrected chi connectivity index (χ4v) is 1.78. The van der Waals surface area contributed by atoms with Crippen LogP contribution in [0.15, 0.2) is 48.5 Å². The Bertz CT molecular complexity index is 659. The van der Waals surface area contributed by atoms with Crippen LogP contribution in [0.2, 0.25) is 0 Å². The molecule has 4 nitrogen and oxygen atoms in total. The monoisotopic (exact) mass is 267 g/mol. The van der Waals surface area contributed by atoms with Crippen molar-refractivity contribution in [1.82, 2.24) is 0 Å². The van der Waals surface area contributed by atoms with Crippen LogP contribution in [0, 0.1) is 11.3 Å². The Morgan fingerprint density at radius 1 is 1.10 bits per heavy atom. The molecular weight excluding hydrogens is 254 g/mol. The summed E-state index contributed by atoms with van der Waals surface area (Å²) in [6.45, 7) is -0.140. The van der Waals surface area contributed by atoms with E-state index in [1.54, 1.807) is 48.5 Å². The zero-order valence-electron chi connectivity index (χ0n) is 11.0. The second kappa shape index (κ2) is 6.39. The first kappa shape index (κ1) is 13.6. The van der Waals surface area contributed by atoms with E-state index >= 15 is 0 Å². The number of nitriles is 1. The number of methoxy groups -OCH3 is 1. The molecule has 0 radical (unpaired) electrons. The minimum atomic E-state index is -0.199. The van der Waals surface area contributed by atoms with Gasteiger partial charge in [0.05, 0.1) is 18.2 Å². The highest BCUT2D eigenvalue weighted by molar-refractivity contribution is 5.99. The number of para-hydroxylation sites is 2. The van der Waals surface area contributed by atoms with Gasteiger partial charge in [-0.3, -0.25) is 4.79 Å². The molecule has 0 aliphatic carbocycles. The van der Waals surface area contributed by atoms with Gasteiger partial charge in [0.1, 0.15) is 17.6 Å². The summed E-state index contributed by atoms with van der Waals surface area (Å²) >= 11 is 0. The number of ketones is 1. The lowest BCUT2D eigenvalue weighted by molar-refractivity contribution is 0.0918. The molecule has 0 aliphatic heterocycles. The van der Waals surface area contributed by atoms with Crippen LogP contribution < -0.4 is 9.47 Å². The maximum Gasteiger partial charge on any atom is 0.203 e. The van der Waals surface area contributed by atoms with Gasteiger partial charge < -0.3 is 9.47 Å². The summed E-state index contributed by atoms with van der Waals surface area (Å²) in [4.78, 5) is 12.1. The topological polar surface area (TPSA) is 59.3 Å². The number of hydrogen-bond donors (Lipinski definition) is 0. The SMILES string of the molecule is COc1ccccc1C(=O)COc1ccccc1C#N. The van der Waals surface area contributed by atoms with Crippen molar-refractivity contribution in [3.63, 3.8) is 0 Å². The standard InChI is InChI=1S/C16H13NO3/c1-19-16-9-5-3-7-13(16)14(18)11-20-15-8-4-2-6-12(15)10-17/h2-9H,11H2,1H3. The normalized spacial score (nSPS) is 9.60. The van der Waals surface area contributed by atoms with Crippen LogP contribution in [0.1, 0.15) is 15.9 Å². The van der Waals surface area contributed by atoms with Gasteiger partial charge >= 0.3 is 0 Å². The average molecular weight is 267 g/mol. The van der Waals surface area contributed by atoms with E-state index in [0.717, 1.165) is 0 Å². The number of rotatable bonds is 5. The van der Waals surface area contributed by atoms with Crippen molar-refractivity contribution >= 4 is 5.78 Å². The first-order valence-electron chi connectivity index (χ1n) is 6.04. The first-order valence-corrected chi connectivity index (χ1v) is 6.04. The van der Waals surface area contributed by atoms with E-state index in [9.17, 15) is 4.79 Å². The molecule has 20 heavy (non-hydrogen) atoms. The summed E-state index contributed by atoms with van der Waals surface area (Å²) in [5.74, 6) is 0.711. The molecule has 0 fully saturated rings. The molecule has 0 heterocycles. The minimum Gasteiger partial charge on any atom is -0.496 e. The fraction of sp³-hybridized carbons (Fsp3) is 0.125. The molecule has 0 spiro atoms. The summed E-state index contributed by atoms with van der Waals surface area (Å²) in [5.41, 5.74) is 0.866. The summed E-state index contributed by atoms with van der Waals surface area (Å²) in [5, 5.41) is 8.95. The Labute approximate surface area is 117 Å². The zero-order chi connectivity index (χ0) is 14.4. The van der Waals surface area contributed by atoms with Crippen LogP contribution in [-0.4, -0.2) is 19.5 Å². The smallest absolute Gasteiger partial charge is 0.203 e. The lowest BCUT2D eigenvalue weighted by atomic mass is 10.1. The molecule has 0 aromatic heterocycles. The Morgan fingerprint density at radius 2 is 1.75 bits per heavy atom. The molecule has 4 heteroatoms. The van der Waals surface area contributed by atoms with Crippen molar-refractivity contribution in [1.29, 1.82) is 5.26 Å². The first-order chi connectivity index (χ1) is 9.76. The van der Waals surface area contributed by atoms with Crippen LogP contribution in [0.4, 0.5) is 0 Å². The maximum atomic E-state index is 12.1. The Morgan fingerprint density at radius 3 is 2.45 bits per heavy atom. The lowest BCUT2D eigenvalue weighted by Crippen LogP contribution is -2.13. The van der Waals surface area contributed by atoms with Gasteiger partial charge in [0.25, 0.3) is 0 Å². The van der Waals surface area contributed by atoms with Crippen molar-refractivity contribution < 1.29 is 14.3 Å². The van der Waals surface area contributed by atoms with Gasteiger partial charge in [0, 0.05) is 0 Å². The third-order valence-corrected chi connectivity index (χ3v) is 2.77. The number of Topliss-reactive ketones (excluding diaryl/α,β-unsaturated/α-hetero) is 1. The van der Waals surface area contributed by atoms with E-state index < -0.39 is 0 Å². The molecule has 0 bridgehead atoms. The van der Waals surface area contributed by atoms with Crippen LogP contribution in [0.3, 0.4) is 0 Å². The summed E-state index contributed by atoms with van der Waals surface area (Å²) in [6.07, 6.45) is 0. The maximum absolute atomic E-state index is 12.1. The van der Waals surface area contributed by atoms with Gasteiger partial charge in [-0.05, 0) is 24.3 Å². The number of hydrogen-bond acceptors (Lipinski definition) is 4. The molecule has 0 saturated carbocycles. The number of carbonyl (C=O) groups is 1. The number of carbonyl (C=O) groups excluding carboxylic acids is 1. The largest absolute Gasteiger partial charge is 0.496 e. The van der Waals surface area contributed by atoms with E-state index in [0.29, 0.717) is 22.6 Å². The molecular formula is C16H13NO3. The molecule has 0 amide bonds. The Hall–Kier alpha value is -2.80. The lowest BCUT2D eigenvalue weighted by Gasteiger charge is -2.09. The number of benzene rings is 2. The fourth-order valence-electron chi connectivity index (χ4n) is 1.78. The van der Waals surface area contributed by atoms with Crippen molar-refractivity contribution in [3.05, 3.63) is 59.7 Å². The van der Waals surface area contributed by atoms with E-state index in [1.165, 1.54) is 7.11 Å². The van der Waals surface area contributed by atoms with Crippen molar-refractivity contribution in [2.75, 3.05) is 13.7 Å². The molecule has 0 aliphatic rings. The van der Waals surface area contributed by atoms with Gasteiger partial charge in [-0.2, -0.15) is 5.26 Å². The van der Waals surface area contributed by atoms with Crippen LogP contribution in [-0.2, 0) is 0 Å². The predicted octanol–water partition coefficient (Wildman–Crippen LogP) is 2.83. The minimum absolute atomic E-state index is 0.140. The summed E-state index contributed by atoms with van der Waals surface area (Å²) in [6, 6.07) is 15.8. The highest BCUT2D eigenvalue weighted by Gasteiger charge is 2.13. The second-order valence-electron chi connectivity index (χ2n) is 4.02. The molecule has 2 aromatic carbocycles. The molecule has 2 aromatic rings. The molecule has 0 saturated heterocycles. The van der Waals surface area contributed by atoms with E-state index in [2.05, 4.69) is 0 Å². The molecule has 2 rings (SSSR count). The molecule has 0 unspecified atom stereocenters. The Kier molecular flexibility index (Phi) is 4.35. The summed E-state index contributed by atoms with van der Waals surface area (Å²) < 4.78 is 10.6. The predicted molar refractivity (Wildman–Crippen MR) is 74.0 cm³/mol. The van der Waals surface area contributed by atoms with E-state index in [1.807, 2.05) is 6.07 Å². The molecule has 0 N–H and O–H groups in total. The average Bonchev–Trinajstić information content (AvgIpc) is 2.52. The van der Waals surface area contributed by atoms with Crippen LogP contribution in [0.5, 0.6) is 11.5 Å². The van der Waals surface area contributed by atoms with Gasteiger partial charge in [0.2, 0.25) is 5.78 Å². The number of ether oxygens (including phenoxy) is 2. The second-order valence-corrected chi connectivity index (χ2v) is 4.02. The van der Waals surface area contributed by atoms with Crippen molar-refractivity contribution in [3.8, 4) is 17.6 Å². The van der Waals surface area contributed by atoms with Crippen molar-refractivity contribution in [2.24, 2.45) is 0 Å². The highest BCUT2D eigenvalue weighted by atomic mass is 16.5. The Balaban J connectivity index is 2.11. The summed E-state index contributed by atoms with van der Waals surface area (Å²) in [7, 11) is 1.51. The van der Waals surface area contributed by atoms with Crippen LogP contribution in [0.25, 0.3) is 0 Å². The van der Waals surface area contributed by atoms with Gasteiger partial charge in [-0.25, -0.2) is 0 Å². The third-order valence-electron chi connectivity index (χ3n) is 2.77. The van der Waals surface area contributed by atoms with Crippen molar-refractivity contribution in [2.45, 2.75) is 0 Å². The van der Waals surface area contributed by atoms with E-state index in [4.69, 9.17) is 14.7 Å². The number of nitrogens with zero attached hydrogens (tertiary/aromatic N) is 1. The van der Waals surface area contributed by atoms with Gasteiger partial charge in [0.15, 0.2) is 6.61 Å². The third kappa shape index (κ3) is 2.96. The molecule has 0 atom stereocenters. The van der Waals surface area contributed by atoms with Crippen LogP contribution >= 0.6 is 0 Å². The quantitative estimate of drug-likeness (QED) is 0.781. The van der Waals surface area contributed by atoms with Gasteiger partial charge in [-0.15, -0.1) is 0 Å². The van der Waals surface area contributed by atoms with E-state index in [-0.39, 0.29) is 12.4 Å². The highest BCUT2D eigenvalue weighted by Crippen LogP contribution is 2.20. The zero-order valence-corrected chi connectivity index (χ0v) is 11.0. The molecule has 100 valence electrons. The van der Waals surface area contributed by atoms with Gasteiger partial charge in [-0.1, -0.05) is 24.3 Å².